The van der Waals surface area contributed by atoms with Crippen LogP contribution < -0.4 is 0 Å². The summed E-state index contributed by atoms with van der Waals surface area (Å²) in [5, 5.41) is 8.93. The molecule has 5 atom stereocenters. The standard InChI is InChI=1S/C19H25NO2/c1-19-9-8-15-14-5-3-13(21)10-12(14)2-4-16(15)17(19)6-7-18(19)22-11-20/h15-18H,2-10H2,1H3. The normalized spacial score (nSPS) is 43.9. The Balaban J connectivity index is 1.61. The molecule has 0 radical (unpaired) electrons. The third-order valence-corrected chi connectivity index (χ3v) is 7.31. The molecule has 0 bridgehead atoms. The van der Waals surface area contributed by atoms with Crippen molar-refractivity contribution in [3.8, 4) is 6.26 Å². The van der Waals surface area contributed by atoms with Crippen LogP contribution in [0.25, 0.3) is 0 Å². The van der Waals surface area contributed by atoms with Gasteiger partial charge in [0, 0.05) is 18.3 Å². The van der Waals surface area contributed by atoms with E-state index in [9.17, 15) is 4.79 Å². The molecule has 2 fully saturated rings. The number of carbonyl (C=O) groups is 1. The van der Waals surface area contributed by atoms with Gasteiger partial charge in [-0.1, -0.05) is 18.1 Å². The molecule has 2 saturated carbocycles. The van der Waals surface area contributed by atoms with Crippen molar-refractivity contribution in [1.82, 2.24) is 0 Å². The first kappa shape index (κ1) is 14.3. The summed E-state index contributed by atoms with van der Waals surface area (Å²) < 4.78 is 5.42. The third-order valence-electron chi connectivity index (χ3n) is 7.31. The summed E-state index contributed by atoms with van der Waals surface area (Å²) in [6.07, 6.45) is 11.7. The number of hydrogen-bond donors (Lipinski definition) is 0. The molecule has 4 aliphatic carbocycles. The number of carbonyl (C=O) groups excluding carboxylic acids is 1. The minimum Gasteiger partial charge on any atom is -0.424 e. The van der Waals surface area contributed by atoms with Gasteiger partial charge in [0.25, 0.3) is 6.26 Å². The number of fused-ring (bicyclic) bond motifs is 4. The molecular formula is C19H25NO2. The van der Waals surface area contributed by atoms with Gasteiger partial charge in [-0.25, -0.2) is 0 Å². The fourth-order valence-corrected chi connectivity index (χ4v) is 6.26. The molecule has 0 aliphatic heterocycles. The average Bonchev–Trinajstić information content (AvgIpc) is 2.84. The zero-order valence-corrected chi connectivity index (χ0v) is 13.4. The van der Waals surface area contributed by atoms with E-state index in [0.29, 0.717) is 11.7 Å². The molecule has 3 nitrogen and oxygen atoms in total. The molecule has 0 N–H and O–H groups in total. The number of allylic oxidation sites excluding steroid dienone is 2. The van der Waals surface area contributed by atoms with Crippen LogP contribution in [-0.4, -0.2) is 11.9 Å². The van der Waals surface area contributed by atoms with Crippen LogP contribution in [0.3, 0.4) is 0 Å². The van der Waals surface area contributed by atoms with E-state index >= 15 is 0 Å². The Kier molecular flexibility index (Phi) is 3.33. The highest BCUT2D eigenvalue weighted by molar-refractivity contribution is 5.82. The van der Waals surface area contributed by atoms with Crippen molar-refractivity contribution < 1.29 is 9.53 Å². The predicted molar refractivity (Wildman–Crippen MR) is 82.6 cm³/mol. The maximum absolute atomic E-state index is 11.7. The maximum atomic E-state index is 11.7. The molecule has 3 heteroatoms. The predicted octanol–water partition coefficient (Wildman–Crippen LogP) is 4.14. The highest BCUT2D eigenvalue weighted by Gasteiger charge is 2.56. The molecule has 0 aromatic heterocycles. The van der Waals surface area contributed by atoms with Crippen LogP contribution in [0.4, 0.5) is 0 Å². The fraction of sp³-hybridized carbons (Fsp3) is 0.789. The van der Waals surface area contributed by atoms with Crippen molar-refractivity contribution in [2.45, 2.75) is 70.8 Å². The zero-order chi connectivity index (χ0) is 15.3. The largest absolute Gasteiger partial charge is 0.424 e. The molecule has 0 saturated heterocycles. The number of Topliss-reactive ketones (excluding diaryl/α,β-unsaturated/α-hetero) is 1. The lowest BCUT2D eigenvalue weighted by Crippen LogP contribution is -2.45. The number of hydrogen-bond acceptors (Lipinski definition) is 3. The summed E-state index contributed by atoms with van der Waals surface area (Å²) in [7, 11) is 0. The lowest BCUT2D eigenvalue weighted by molar-refractivity contribution is -0.119. The van der Waals surface area contributed by atoms with Gasteiger partial charge in [0.05, 0.1) is 0 Å². The summed E-state index contributed by atoms with van der Waals surface area (Å²) in [5.74, 6) is 2.63. The summed E-state index contributed by atoms with van der Waals surface area (Å²) in [5.41, 5.74) is 3.34. The Morgan fingerprint density at radius 1 is 1.18 bits per heavy atom. The molecule has 0 aromatic rings. The minimum atomic E-state index is 0.131. The quantitative estimate of drug-likeness (QED) is 0.540. The molecule has 118 valence electrons. The lowest BCUT2D eigenvalue weighted by atomic mass is 9.54. The van der Waals surface area contributed by atoms with Crippen molar-refractivity contribution in [2.75, 3.05) is 0 Å². The van der Waals surface area contributed by atoms with E-state index in [4.69, 9.17) is 10.00 Å². The van der Waals surface area contributed by atoms with E-state index in [2.05, 4.69) is 6.92 Å². The number of rotatable bonds is 1. The van der Waals surface area contributed by atoms with Crippen LogP contribution in [0, 0.1) is 34.7 Å². The molecule has 22 heavy (non-hydrogen) atoms. The molecule has 0 amide bonds. The second-order valence-electron chi connectivity index (χ2n) is 8.08. The second-order valence-corrected chi connectivity index (χ2v) is 8.08. The summed E-state index contributed by atoms with van der Waals surface area (Å²) in [4.78, 5) is 11.7. The number of nitrogens with zero attached hydrogens (tertiary/aromatic N) is 1. The van der Waals surface area contributed by atoms with Crippen LogP contribution in [0.5, 0.6) is 0 Å². The van der Waals surface area contributed by atoms with Crippen molar-refractivity contribution in [3.05, 3.63) is 11.1 Å². The molecule has 4 aliphatic rings. The van der Waals surface area contributed by atoms with E-state index < -0.39 is 0 Å². The molecule has 0 heterocycles. The van der Waals surface area contributed by atoms with Gasteiger partial charge in [-0.05, 0) is 62.7 Å². The van der Waals surface area contributed by atoms with Crippen LogP contribution in [0.2, 0.25) is 0 Å². The minimum absolute atomic E-state index is 0.131. The van der Waals surface area contributed by atoms with Crippen molar-refractivity contribution in [3.63, 3.8) is 0 Å². The van der Waals surface area contributed by atoms with Gasteiger partial charge in [-0.3, -0.25) is 4.79 Å². The number of nitriles is 1. The van der Waals surface area contributed by atoms with Crippen LogP contribution >= 0.6 is 0 Å². The SMILES string of the molecule is CC12CCC3C4=C(CCC3C1CCC2OC#N)CC(=O)CC4. The van der Waals surface area contributed by atoms with E-state index in [-0.39, 0.29) is 11.5 Å². The molecule has 4 rings (SSSR count). The monoisotopic (exact) mass is 299 g/mol. The van der Waals surface area contributed by atoms with Gasteiger partial charge in [0.15, 0.2) is 0 Å². The lowest BCUT2D eigenvalue weighted by Gasteiger charge is -2.51. The third kappa shape index (κ3) is 1.96. The zero-order valence-electron chi connectivity index (χ0n) is 13.4. The first-order chi connectivity index (χ1) is 10.6. The molecular weight excluding hydrogens is 274 g/mol. The van der Waals surface area contributed by atoms with E-state index in [0.717, 1.165) is 43.9 Å². The van der Waals surface area contributed by atoms with Crippen molar-refractivity contribution in [2.24, 2.45) is 23.2 Å². The van der Waals surface area contributed by atoms with Crippen molar-refractivity contribution >= 4 is 5.78 Å². The van der Waals surface area contributed by atoms with Gasteiger partial charge >= 0.3 is 0 Å². The average molecular weight is 299 g/mol. The first-order valence-corrected chi connectivity index (χ1v) is 8.90. The van der Waals surface area contributed by atoms with Gasteiger partial charge in [0.2, 0.25) is 0 Å². The van der Waals surface area contributed by atoms with Crippen LogP contribution in [0.15, 0.2) is 11.1 Å². The summed E-state index contributed by atoms with van der Waals surface area (Å²) in [6, 6.07) is 0. The Morgan fingerprint density at radius 2 is 2.05 bits per heavy atom. The molecule has 5 unspecified atom stereocenters. The Bertz CT molecular complexity index is 572. The van der Waals surface area contributed by atoms with Crippen LogP contribution in [0.1, 0.15) is 64.7 Å². The maximum Gasteiger partial charge on any atom is 0.286 e. The summed E-state index contributed by atoms with van der Waals surface area (Å²) >= 11 is 0. The van der Waals surface area contributed by atoms with Gasteiger partial charge < -0.3 is 4.74 Å². The number of ether oxygens (including phenoxy) is 1. The summed E-state index contributed by atoms with van der Waals surface area (Å²) in [6.45, 7) is 2.36. The van der Waals surface area contributed by atoms with Gasteiger partial charge in [-0.15, -0.1) is 0 Å². The van der Waals surface area contributed by atoms with E-state index in [1.54, 1.807) is 5.57 Å². The second kappa shape index (κ2) is 5.11. The molecule has 0 spiro atoms. The smallest absolute Gasteiger partial charge is 0.286 e. The Hall–Kier alpha value is -1.30. The molecule has 0 aromatic carbocycles. The van der Waals surface area contributed by atoms with E-state index in [1.165, 1.54) is 31.3 Å². The highest BCUT2D eigenvalue weighted by atomic mass is 16.5. The first-order valence-electron chi connectivity index (χ1n) is 8.90. The van der Waals surface area contributed by atoms with Crippen molar-refractivity contribution in [1.29, 1.82) is 5.26 Å². The van der Waals surface area contributed by atoms with Gasteiger partial charge in [-0.2, -0.15) is 5.26 Å². The van der Waals surface area contributed by atoms with E-state index in [1.807, 2.05) is 6.26 Å². The number of ketones is 1. The fourth-order valence-electron chi connectivity index (χ4n) is 6.26. The topological polar surface area (TPSA) is 50.1 Å². The van der Waals surface area contributed by atoms with Gasteiger partial charge in [0.1, 0.15) is 11.9 Å². The Morgan fingerprint density at radius 3 is 2.86 bits per heavy atom. The van der Waals surface area contributed by atoms with Crippen LogP contribution in [-0.2, 0) is 9.53 Å². The highest BCUT2D eigenvalue weighted by Crippen LogP contribution is 2.61. The Labute approximate surface area is 132 Å².